The molecule has 1 unspecified atom stereocenters. The van der Waals surface area contributed by atoms with Gasteiger partial charge in [0.25, 0.3) is 0 Å². The van der Waals surface area contributed by atoms with Crippen LogP contribution in [-0.4, -0.2) is 37.2 Å². The van der Waals surface area contributed by atoms with E-state index in [1.54, 1.807) is 0 Å². The van der Waals surface area contributed by atoms with Gasteiger partial charge in [0.1, 0.15) is 0 Å². The minimum absolute atomic E-state index is 0.0177. The summed E-state index contributed by atoms with van der Waals surface area (Å²) in [6.07, 6.45) is 2.97. The first kappa shape index (κ1) is 17.1. The number of carbonyl (C=O) groups is 1. The van der Waals surface area contributed by atoms with Gasteiger partial charge in [0.2, 0.25) is 0 Å². The molecule has 0 bridgehead atoms. The summed E-state index contributed by atoms with van der Waals surface area (Å²) in [4.78, 5) is 15.0. The average Bonchev–Trinajstić information content (AvgIpc) is 2.72. The monoisotopic (exact) mass is 350 g/mol. The van der Waals surface area contributed by atoms with Gasteiger partial charge in [0.15, 0.2) is 0 Å². The first-order valence-electron chi connectivity index (χ1n) is 9.58. The van der Waals surface area contributed by atoms with Crippen molar-refractivity contribution in [3.05, 3.63) is 71.3 Å². The van der Waals surface area contributed by atoms with E-state index < -0.39 is 0 Å². The van der Waals surface area contributed by atoms with E-state index >= 15 is 0 Å². The summed E-state index contributed by atoms with van der Waals surface area (Å²) in [7, 11) is 0. The maximum Gasteiger partial charge on any atom is 0.318 e. The summed E-state index contributed by atoms with van der Waals surface area (Å²) in [5, 5.41) is 3.18. The highest BCUT2D eigenvalue weighted by Crippen LogP contribution is 2.35. The SMILES string of the molecule is O=C(NCC1CCOCC1)N1CCc2ccccc2C1c1ccccc1. The molecule has 0 saturated carbocycles. The Morgan fingerprint density at radius 3 is 2.58 bits per heavy atom. The van der Waals surface area contributed by atoms with Gasteiger partial charge in [-0.2, -0.15) is 0 Å². The number of carbonyl (C=O) groups excluding carboxylic acids is 1. The second-order valence-corrected chi connectivity index (χ2v) is 7.20. The number of fused-ring (bicyclic) bond motifs is 1. The molecule has 0 aromatic heterocycles. The number of nitrogens with one attached hydrogen (secondary N) is 1. The third-order valence-corrected chi connectivity index (χ3v) is 5.54. The number of amides is 2. The molecular weight excluding hydrogens is 324 g/mol. The van der Waals surface area contributed by atoms with E-state index in [9.17, 15) is 4.79 Å². The molecule has 2 aromatic carbocycles. The van der Waals surface area contributed by atoms with Crippen molar-refractivity contribution in [2.45, 2.75) is 25.3 Å². The normalized spacial score (nSPS) is 20.5. The van der Waals surface area contributed by atoms with Crippen molar-refractivity contribution < 1.29 is 9.53 Å². The summed E-state index contributed by atoms with van der Waals surface area (Å²) in [5.74, 6) is 0.528. The van der Waals surface area contributed by atoms with Crippen molar-refractivity contribution in [1.82, 2.24) is 10.2 Å². The Morgan fingerprint density at radius 2 is 1.77 bits per heavy atom. The van der Waals surface area contributed by atoms with Crippen LogP contribution in [0.5, 0.6) is 0 Å². The molecule has 4 heteroatoms. The van der Waals surface area contributed by atoms with Crippen molar-refractivity contribution in [2.24, 2.45) is 5.92 Å². The molecule has 4 nitrogen and oxygen atoms in total. The van der Waals surface area contributed by atoms with Crippen LogP contribution in [0.1, 0.15) is 35.6 Å². The molecular formula is C22H26N2O2. The number of nitrogens with zero attached hydrogens (tertiary/aromatic N) is 1. The molecule has 0 aliphatic carbocycles. The fourth-order valence-corrected chi connectivity index (χ4v) is 4.06. The zero-order chi connectivity index (χ0) is 17.8. The largest absolute Gasteiger partial charge is 0.381 e. The van der Waals surface area contributed by atoms with Crippen LogP contribution in [0.25, 0.3) is 0 Å². The maximum atomic E-state index is 13.0. The lowest BCUT2D eigenvalue weighted by Gasteiger charge is -2.38. The van der Waals surface area contributed by atoms with Gasteiger partial charge >= 0.3 is 6.03 Å². The maximum absolute atomic E-state index is 13.0. The summed E-state index contributed by atoms with van der Waals surface area (Å²) in [6.45, 7) is 3.10. The van der Waals surface area contributed by atoms with Gasteiger partial charge in [0, 0.05) is 26.3 Å². The van der Waals surface area contributed by atoms with E-state index in [-0.39, 0.29) is 12.1 Å². The Morgan fingerprint density at radius 1 is 1.04 bits per heavy atom. The van der Waals surface area contributed by atoms with Crippen LogP contribution in [0.15, 0.2) is 54.6 Å². The molecule has 1 saturated heterocycles. The first-order valence-corrected chi connectivity index (χ1v) is 9.58. The molecule has 4 rings (SSSR count). The van der Waals surface area contributed by atoms with Crippen LogP contribution in [0.4, 0.5) is 4.79 Å². The first-order chi connectivity index (χ1) is 12.8. The zero-order valence-electron chi connectivity index (χ0n) is 15.1. The van der Waals surface area contributed by atoms with Crippen LogP contribution in [0, 0.1) is 5.92 Å². The van der Waals surface area contributed by atoms with Gasteiger partial charge in [-0.3, -0.25) is 0 Å². The third kappa shape index (κ3) is 3.61. The fraction of sp³-hybridized carbons (Fsp3) is 0.409. The Bertz CT molecular complexity index is 741. The van der Waals surface area contributed by atoms with E-state index in [4.69, 9.17) is 4.74 Å². The van der Waals surface area contributed by atoms with Crippen LogP contribution >= 0.6 is 0 Å². The van der Waals surface area contributed by atoms with Crippen molar-refractivity contribution >= 4 is 6.03 Å². The second kappa shape index (κ2) is 7.92. The highest BCUT2D eigenvalue weighted by molar-refractivity contribution is 5.76. The van der Waals surface area contributed by atoms with Gasteiger partial charge < -0.3 is 15.0 Å². The molecule has 0 radical (unpaired) electrons. The van der Waals surface area contributed by atoms with E-state index in [1.165, 1.54) is 16.7 Å². The molecule has 1 fully saturated rings. The Hall–Kier alpha value is -2.33. The molecule has 2 amide bonds. The number of hydrogen-bond acceptors (Lipinski definition) is 2. The predicted octanol–water partition coefficient (Wildman–Crippen LogP) is 3.77. The lowest BCUT2D eigenvalue weighted by atomic mass is 9.88. The number of rotatable bonds is 3. The highest BCUT2D eigenvalue weighted by Gasteiger charge is 2.32. The third-order valence-electron chi connectivity index (χ3n) is 5.54. The van der Waals surface area contributed by atoms with Gasteiger partial charge in [-0.15, -0.1) is 0 Å². The minimum Gasteiger partial charge on any atom is -0.381 e. The topological polar surface area (TPSA) is 41.6 Å². The predicted molar refractivity (Wildman–Crippen MR) is 102 cm³/mol. The minimum atomic E-state index is -0.0177. The summed E-state index contributed by atoms with van der Waals surface area (Å²) >= 11 is 0. The fourth-order valence-electron chi connectivity index (χ4n) is 4.06. The summed E-state index contributed by atoms with van der Waals surface area (Å²) < 4.78 is 5.41. The molecule has 2 aliphatic rings. The molecule has 2 aromatic rings. The van der Waals surface area contributed by atoms with Gasteiger partial charge in [-0.25, -0.2) is 4.79 Å². The smallest absolute Gasteiger partial charge is 0.318 e. The summed E-state index contributed by atoms with van der Waals surface area (Å²) in [5.41, 5.74) is 3.75. The lowest BCUT2D eigenvalue weighted by molar-refractivity contribution is 0.0661. The molecule has 1 N–H and O–H groups in total. The molecule has 1 atom stereocenters. The van der Waals surface area contributed by atoms with Crippen LogP contribution < -0.4 is 5.32 Å². The van der Waals surface area contributed by atoms with Crippen LogP contribution in [0.3, 0.4) is 0 Å². The Balaban J connectivity index is 1.55. The number of urea groups is 1. The van der Waals surface area contributed by atoms with Crippen molar-refractivity contribution in [1.29, 1.82) is 0 Å². The van der Waals surface area contributed by atoms with Crippen molar-refractivity contribution in [3.8, 4) is 0 Å². The van der Waals surface area contributed by atoms with E-state index in [0.717, 1.165) is 45.6 Å². The lowest BCUT2D eigenvalue weighted by Crippen LogP contribution is -2.47. The zero-order valence-corrected chi connectivity index (χ0v) is 15.1. The van der Waals surface area contributed by atoms with Crippen molar-refractivity contribution in [2.75, 3.05) is 26.3 Å². The quantitative estimate of drug-likeness (QED) is 0.915. The van der Waals surface area contributed by atoms with Gasteiger partial charge in [-0.05, 0) is 41.9 Å². The molecule has 136 valence electrons. The van der Waals surface area contributed by atoms with E-state index in [0.29, 0.717) is 5.92 Å². The number of benzene rings is 2. The Kier molecular flexibility index (Phi) is 5.21. The average molecular weight is 350 g/mol. The summed E-state index contributed by atoms with van der Waals surface area (Å²) in [6, 6.07) is 18.9. The highest BCUT2D eigenvalue weighted by atomic mass is 16.5. The molecule has 26 heavy (non-hydrogen) atoms. The molecule has 2 aliphatic heterocycles. The second-order valence-electron chi connectivity index (χ2n) is 7.20. The van der Waals surface area contributed by atoms with Gasteiger partial charge in [-0.1, -0.05) is 54.6 Å². The van der Waals surface area contributed by atoms with Crippen LogP contribution in [-0.2, 0) is 11.2 Å². The van der Waals surface area contributed by atoms with Crippen molar-refractivity contribution in [3.63, 3.8) is 0 Å². The van der Waals surface area contributed by atoms with Gasteiger partial charge in [0.05, 0.1) is 6.04 Å². The number of hydrogen-bond donors (Lipinski definition) is 1. The van der Waals surface area contributed by atoms with E-state index in [2.05, 4.69) is 41.7 Å². The Labute approximate surface area is 155 Å². The van der Waals surface area contributed by atoms with Crippen LogP contribution in [0.2, 0.25) is 0 Å². The standard InChI is InChI=1S/C22H26N2O2/c25-22(23-16-17-11-14-26-15-12-17)24-13-10-18-6-4-5-9-20(18)21(24)19-7-2-1-3-8-19/h1-9,17,21H,10-16H2,(H,23,25). The molecule has 2 heterocycles. The number of ether oxygens (including phenoxy) is 1. The molecule has 0 spiro atoms. The van der Waals surface area contributed by atoms with E-state index in [1.807, 2.05) is 23.1 Å².